The van der Waals surface area contributed by atoms with Crippen molar-refractivity contribution >= 4 is 39.7 Å². The van der Waals surface area contributed by atoms with Crippen molar-refractivity contribution in [2.24, 2.45) is 5.10 Å². The lowest BCUT2D eigenvalue weighted by atomic mass is 10.0. The van der Waals surface area contributed by atoms with Gasteiger partial charge in [-0.1, -0.05) is 41.9 Å². The zero-order valence-corrected chi connectivity index (χ0v) is 17.0. The van der Waals surface area contributed by atoms with E-state index in [0.717, 1.165) is 34.0 Å². The van der Waals surface area contributed by atoms with Gasteiger partial charge in [0.25, 0.3) is 5.95 Å². The number of hydrogen-bond donors (Lipinski definition) is 1. The summed E-state index contributed by atoms with van der Waals surface area (Å²) < 4.78 is 2.01. The molecule has 0 saturated heterocycles. The van der Waals surface area contributed by atoms with Crippen LogP contribution in [0.15, 0.2) is 59.0 Å². The number of nitrogen functional groups attached to an aromatic ring is 1. The highest BCUT2D eigenvalue weighted by Crippen LogP contribution is 2.31. The molecule has 7 nitrogen and oxygen atoms in total. The molecule has 29 heavy (non-hydrogen) atoms. The Hall–Kier alpha value is -3.23. The summed E-state index contributed by atoms with van der Waals surface area (Å²) >= 11 is 7.51. The summed E-state index contributed by atoms with van der Waals surface area (Å²) in [7, 11) is 0. The Morgan fingerprint density at radius 3 is 2.62 bits per heavy atom. The van der Waals surface area contributed by atoms with E-state index in [1.165, 1.54) is 11.3 Å². The number of fused-ring (bicyclic) bond motifs is 3. The van der Waals surface area contributed by atoms with Crippen molar-refractivity contribution in [1.29, 1.82) is 0 Å². The van der Waals surface area contributed by atoms with Crippen LogP contribution in [0.1, 0.15) is 22.6 Å². The van der Waals surface area contributed by atoms with Gasteiger partial charge in [0.05, 0.1) is 17.9 Å². The van der Waals surface area contributed by atoms with Gasteiger partial charge in [-0.2, -0.15) is 5.10 Å². The summed E-state index contributed by atoms with van der Waals surface area (Å²) in [6.07, 6.45) is 0. The Morgan fingerprint density at radius 1 is 1.07 bits per heavy atom. The van der Waals surface area contributed by atoms with Crippen molar-refractivity contribution in [2.75, 3.05) is 10.7 Å². The minimum absolute atomic E-state index is 0.427. The number of halogens is 1. The third kappa shape index (κ3) is 3.16. The molecule has 4 aromatic rings. The molecule has 1 aliphatic rings. The number of nitrogens with zero attached hydrogens (tertiary/aromatic N) is 6. The lowest BCUT2D eigenvalue weighted by Crippen LogP contribution is -2.20. The van der Waals surface area contributed by atoms with Gasteiger partial charge in [-0.3, -0.25) is 4.57 Å². The van der Waals surface area contributed by atoms with Gasteiger partial charge in [-0.15, -0.1) is 21.5 Å². The van der Waals surface area contributed by atoms with Crippen LogP contribution in [0.5, 0.6) is 0 Å². The topological polar surface area (TPSA) is 85.2 Å². The summed E-state index contributed by atoms with van der Waals surface area (Å²) in [5, 5.41) is 18.6. The van der Waals surface area contributed by atoms with E-state index in [1.807, 2.05) is 64.3 Å². The Balaban J connectivity index is 1.73. The smallest absolute Gasteiger partial charge is 0.252 e. The summed E-state index contributed by atoms with van der Waals surface area (Å²) in [5.74, 6) is 1.41. The molecule has 1 aliphatic heterocycles. The lowest BCUT2D eigenvalue weighted by Gasteiger charge is -2.16. The maximum absolute atomic E-state index is 6.11. The summed E-state index contributed by atoms with van der Waals surface area (Å²) in [5.41, 5.74) is 10.4. The molecular formula is C20H16ClN7S. The molecule has 0 aliphatic carbocycles. The number of rotatable bonds is 3. The monoisotopic (exact) mass is 421 g/mol. The predicted octanol–water partition coefficient (Wildman–Crippen LogP) is 4.04. The first-order valence-corrected chi connectivity index (χ1v) is 10.2. The minimum Gasteiger partial charge on any atom is -0.375 e. The van der Waals surface area contributed by atoms with Crippen LogP contribution in [-0.2, 0) is 6.54 Å². The molecule has 0 spiro atoms. The van der Waals surface area contributed by atoms with Crippen molar-refractivity contribution in [1.82, 2.24) is 19.7 Å². The van der Waals surface area contributed by atoms with Crippen molar-refractivity contribution in [2.45, 2.75) is 13.5 Å². The zero-order valence-electron chi connectivity index (χ0n) is 15.5. The number of anilines is 2. The molecule has 3 heterocycles. The second kappa shape index (κ2) is 6.98. The van der Waals surface area contributed by atoms with Crippen LogP contribution in [0.25, 0.3) is 5.69 Å². The molecule has 144 valence electrons. The molecule has 2 aromatic heterocycles. The van der Waals surface area contributed by atoms with Crippen LogP contribution in [0.4, 0.5) is 11.1 Å². The maximum atomic E-state index is 6.11. The van der Waals surface area contributed by atoms with E-state index < -0.39 is 0 Å². The fraction of sp³-hybridized carbons (Fsp3) is 0.100. The van der Waals surface area contributed by atoms with Crippen LogP contribution in [-0.4, -0.2) is 25.5 Å². The average molecular weight is 422 g/mol. The molecule has 2 aromatic carbocycles. The molecule has 0 atom stereocenters. The number of aromatic nitrogens is 4. The lowest BCUT2D eigenvalue weighted by molar-refractivity contribution is 0.784. The predicted molar refractivity (Wildman–Crippen MR) is 116 cm³/mol. The number of hydrazone groups is 1. The maximum Gasteiger partial charge on any atom is 0.252 e. The van der Waals surface area contributed by atoms with Gasteiger partial charge >= 0.3 is 0 Å². The SMILES string of the molecule is Cc1nnc2n1-c1ccccc1C(c1ccc(Cl)cc1)=NN2Cc1csc(N)n1. The van der Waals surface area contributed by atoms with Crippen molar-refractivity contribution in [3.63, 3.8) is 0 Å². The highest BCUT2D eigenvalue weighted by atomic mass is 35.5. The molecule has 0 saturated carbocycles. The van der Waals surface area contributed by atoms with Crippen molar-refractivity contribution in [3.8, 4) is 5.69 Å². The van der Waals surface area contributed by atoms with Gasteiger partial charge in [-0.05, 0) is 25.1 Å². The normalized spacial score (nSPS) is 12.9. The van der Waals surface area contributed by atoms with E-state index in [2.05, 4.69) is 21.2 Å². The Morgan fingerprint density at radius 2 is 1.86 bits per heavy atom. The Kier molecular flexibility index (Phi) is 4.30. The highest BCUT2D eigenvalue weighted by Gasteiger charge is 2.26. The molecule has 0 bridgehead atoms. The van der Waals surface area contributed by atoms with Crippen LogP contribution in [0.2, 0.25) is 5.02 Å². The first kappa shape index (κ1) is 17.8. The number of benzene rings is 2. The Labute approximate surface area is 176 Å². The highest BCUT2D eigenvalue weighted by molar-refractivity contribution is 7.13. The third-order valence-electron chi connectivity index (χ3n) is 4.66. The minimum atomic E-state index is 0.427. The Bertz CT molecular complexity index is 1230. The molecule has 0 radical (unpaired) electrons. The van der Waals surface area contributed by atoms with E-state index in [9.17, 15) is 0 Å². The third-order valence-corrected chi connectivity index (χ3v) is 5.63. The second-order valence-electron chi connectivity index (χ2n) is 6.59. The van der Waals surface area contributed by atoms with Crippen LogP contribution < -0.4 is 10.7 Å². The molecule has 9 heteroatoms. The number of hydrogen-bond acceptors (Lipinski definition) is 7. The first-order valence-electron chi connectivity index (χ1n) is 8.94. The standard InChI is InChI=1S/C20H16ClN7S/c1-12-24-25-20-27(10-15-11-29-19(22)23-15)26-18(13-6-8-14(21)9-7-13)16-4-2-3-5-17(16)28(12)20/h2-9,11H,10H2,1H3,(H2,22,23). The fourth-order valence-electron chi connectivity index (χ4n) is 3.36. The number of nitrogens with two attached hydrogens (primary N) is 1. The fourth-order valence-corrected chi connectivity index (χ4v) is 4.04. The largest absolute Gasteiger partial charge is 0.375 e. The van der Waals surface area contributed by atoms with Gasteiger partial charge in [0.15, 0.2) is 5.13 Å². The van der Waals surface area contributed by atoms with Gasteiger partial charge in [0, 0.05) is 21.5 Å². The molecule has 5 rings (SSSR count). The molecule has 2 N–H and O–H groups in total. The second-order valence-corrected chi connectivity index (χ2v) is 7.92. The van der Waals surface area contributed by atoms with Gasteiger partial charge < -0.3 is 5.73 Å². The van der Waals surface area contributed by atoms with E-state index >= 15 is 0 Å². The zero-order chi connectivity index (χ0) is 20.0. The van der Waals surface area contributed by atoms with Crippen molar-refractivity contribution in [3.05, 3.63) is 81.6 Å². The summed E-state index contributed by atoms with van der Waals surface area (Å²) in [4.78, 5) is 4.38. The van der Waals surface area contributed by atoms with Crippen molar-refractivity contribution < 1.29 is 0 Å². The first-order chi connectivity index (χ1) is 14.1. The quantitative estimate of drug-likeness (QED) is 0.539. The number of thiazole rings is 1. The molecule has 0 unspecified atom stereocenters. The van der Waals surface area contributed by atoms with Crippen LogP contribution in [0.3, 0.4) is 0 Å². The number of para-hydroxylation sites is 1. The van der Waals surface area contributed by atoms with E-state index in [0.29, 0.717) is 22.6 Å². The molecular weight excluding hydrogens is 406 g/mol. The molecule has 0 fully saturated rings. The van der Waals surface area contributed by atoms with E-state index in [4.69, 9.17) is 22.4 Å². The van der Waals surface area contributed by atoms with Crippen LogP contribution >= 0.6 is 22.9 Å². The van der Waals surface area contributed by atoms with Crippen LogP contribution in [0, 0.1) is 6.92 Å². The van der Waals surface area contributed by atoms with E-state index in [1.54, 1.807) is 0 Å². The van der Waals surface area contributed by atoms with Gasteiger partial charge in [0.2, 0.25) is 0 Å². The average Bonchev–Trinajstić information content (AvgIpc) is 3.27. The van der Waals surface area contributed by atoms with E-state index in [-0.39, 0.29) is 0 Å². The summed E-state index contributed by atoms with van der Waals surface area (Å²) in [6.45, 7) is 2.36. The molecule has 0 amide bonds. The van der Waals surface area contributed by atoms with Gasteiger partial charge in [0.1, 0.15) is 11.5 Å². The van der Waals surface area contributed by atoms with Gasteiger partial charge in [-0.25, -0.2) is 9.99 Å². The number of aryl methyl sites for hydroxylation is 1. The summed E-state index contributed by atoms with van der Waals surface area (Å²) in [6, 6.07) is 15.8.